The summed E-state index contributed by atoms with van der Waals surface area (Å²) in [6.45, 7) is 4.62. The topological polar surface area (TPSA) is 118 Å². The number of aromatic nitrogens is 1. The van der Waals surface area contributed by atoms with Gasteiger partial charge in [0.15, 0.2) is 0 Å². The molecule has 1 aliphatic rings. The Bertz CT molecular complexity index is 1050. The molecule has 0 saturated heterocycles. The van der Waals surface area contributed by atoms with Crippen LogP contribution in [-0.4, -0.2) is 49.5 Å². The van der Waals surface area contributed by atoms with Crippen molar-refractivity contribution in [3.63, 3.8) is 0 Å². The Balaban J connectivity index is 1.99. The molecule has 0 saturated carbocycles. The normalized spacial score (nSPS) is 16.4. The largest absolute Gasteiger partial charge is 0.468 e. The molecule has 2 N–H and O–H groups in total. The molecule has 1 aliphatic heterocycles. The summed E-state index contributed by atoms with van der Waals surface area (Å²) in [7, 11) is -4.04. The van der Waals surface area contributed by atoms with Crippen molar-refractivity contribution in [2.45, 2.75) is 37.4 Å². The lowest BCUT2D eigenvalue weighted by atomic mass is 10.2. The number of aliphatic hydroxyl groups excluding tert-OH is 1. The lowest BCUT2D eigenvalue weighted by Crippen LogP contribution is -2.45. The van der Waals surface area contributed by atoms with Crippen molar-refractivity contribution < 1.29 is 27.8 Å². The van der Waals surface area contributed by atoms with Gasteiger partial charge in [-0.2, -0.15) is 0 Å². The number of amides is 1. The number of benzene rings is 1. The van der Waals surface area contributed by atoms with E-state index in [1.807, 2.05) is 0 Å². The molecule has 9 nitrogen and oxygen atoms in total. The quantitative estimate of drug-likeness (QED) is 0.727. The molecule has 162 valence electrons. The van der Waals surface area contributed by atoms with E-state index in [2.05, 4.69) is 10.3 Å². The highest BCUT2D eigenvalue weighted by Crippen LogP contribution is 2.37. The fraction of sp³-hybridized carbons (Fsp3) is 0.368. The van der Waals surface area contributed by atoms with Gasteiger partial charge in [0.05, 0.1) is 29.9 Å². The molecule has 1 aromatic heterocycles. The predicted molar refractivity (Wildman–Crippen MR) is 112 cm³/mol. The van der Waals surface area contributed by atoms with Crippen LogP contribution in [0, 0.1) is 0 Å². The third-order valence-corrected chi connectivity index (χ3v) is 5.99. The minimum atomic E-state index is -4.04. The van der Waals surface area contributed by atoms with Crippen molar-refractivity contribution in [2.24, 2.45) is 0 Å². The van der Waals surface area contributed by atoms with Crippen molar-refractivity contribution in [1.29, 1.82) is 0 Å². The van der Waals surface area contributed by atoms with Crippen molar-refractivity contribution in [1.82, 2.24) is 4.98 Å². The number of rotatable bonds is 4. The second-order valence-electron chi connectivity index (χ2n) is 7.59. The van der Waals surface area contributed by atoms with Gasteiger partial charge in [-0.25, -0.2) is 18.2 Å². The first-order valence-electron chi connectivity index (χ1n) is 9.05. The zero-order valence-corrected chi connectivity index (χ0v) is 18.2. The fourth-order valence-electron chi connectivity index (χ4n) is 2.76. The standard InChI is InChI=1S/C19H22ClN3O6S/c1-19(2,3)29-18(25)22-13-8-16-17(21-9-13)28-14(11-24)10-23(16)30(26,27)15-6-4-5-12(20)7-15/h4-9,14,24H,10-11H2,1-3H3,(H,22,25). The molecule has 11 heteroatoms. The number of aliphatic hydroxyl groups is 1. The van der Waals surface area contributed by atoms with E-state index in [0.29, 0.717) is 0 Å². The summed E-state index contributed by atoms with van der Waals surface area (Å²) in [5.41, 5.74) is -0.362. The molecule has 1 atom stereocenters. The molecule has 3 rings (SSSR count). The van der Waals surface area contributed by atoms with E-state index in [1.165, 1.54) is 30.5 Å². The first-order chi connectivity index (χ1) is 14.0. The van der Waals surface area contributed by atoms with E-state index in [-0.39, 0.29) is 33.7 Å². The van der Waals surface area contributed by atoms with Gasteiger partial charge >= 0.3 is 6.09 Å². The number of carbonyl (C=O) groups is 1. The van der Waals surface area contributed by atoms with E-state index in [4.69, 9.17) is 21.1 Å². The minimum absolute atomic E-state index is 0.0145. The molecule has 1 unspecified atom stereocenters. The summed E-state index contributed by atoms with van der Waals surface area (Å²) < 4.78 is 38.4. The number of carbonyl (C=O) groups excluding carboxylic acids is 1. The molecule has 2 heterocycles. The van der Waals surface area contributed by atoms with Gasteiger partial charge in [-0.3, -0.25) is 9.62 Å². The van der Waals surface area contributed by atoms with Crippen molar-refractivity contribution in [2.75, 3.05) is 22.8 Å². The van der Waals surface area contributed by atoms with E-state index in [1.54, 1.807) is 26.8 Å². The number of hydrogen-bond acceptors (Lipinski definition) is 7. The van der Waals surface area contributed by atoms with Crippen LogP contribution < -0.4 is 14.4 Å². The molecule has 0 bridgehead atoms. The Kier molecular flexibility index (Phi) is 6.11. The van der Waals surface area contributed by atoms with Gasteiger partial charge in [-0.05, 0) is 45.0 Å². The van der Waals surface area contributed by atoms with Crippen molar-refractivity contribution in [3.8, 4) is 5.88 Å². The van der Waals surface area contributed by atoms with Gasteiger partial charge in [-0.15, -0.1) is 0 Å². The summed E-state index contributed by atoms with van der Waals surface area (Å²) in [6, 6.07) is 7.26. The van der Waals surface area contributed by atoms with Gasteiger partial charge < -0.3 is 14.6 Å². The van der Waals surface area contributed by atoms with E-state index in [9.17, 15) is 18.3 Å². The molecule has 1 aromatic carbocycles. The monoisotopic (exact) mass is 455 g/mol. The number of nitrogens with zero attached hydrogens (tertiary/aromatic N) is 2. The van der Waals surface area contributed by atoms with Crippen LogP contribution in [-0.2, 0) is 14.8 Å². The Morgan fingerprint density at radius 1 is 1.40 bits per heavy atom. The summed E-state index contributed by atoms with van der Waals surface area (Å²) in [6.07, 6.45) is -0.200. The maximum Gasteiger partial charge on any atom is 0.412 e. The van der Waals surface area contributed by atoms with Gasteiger partial charge in [0.2, 0.25) is 5.88 Å². The van der Waals surface area contributed by atoms with Gasteiger partial charge in [0, 0.05) is 5.02 Å². The summed E-state index contributed by atoms with van der Waals surface area (Å²) >= 11 is 5.96. The zero-order valence-electron chi connectivity index (χ0n) is 16.6. The average Bonchev–Trinajstić information content (AvgIpc) is 2.65. The third kappa shape index (κ3) is 4.94. The van der Waals surface area contributed by atoms with Crippen molar-refractivity contribution >= 4 is 39.1 Å². The van der Waals surface area contributed by atoms with Crippen LogP contribution in [0.1, 0.15) is 20.8 Å². The Morgan fingerprint density at radius 3 is 2.77 bits per heavy atom. The van der Waals surface area contributed by atoms with E-state index in [0.717, 1.165) is 4.31 Å². The number of hydrogen-bond donors (Lipinski definition) is 2. The number of sulfonamides is 1. The number of anilines is 2. The predicted octanol–water partition coefficient (Wildman–Crippen LogP) is 3.03. The number of ether oxygens (including phenoxy) is 2. The first kappa shape index (κ1) is 22.1. The molecular formula is C19H22ClN3O6S. The van der Waals surface area contributed by atoms with Crippen LogP contribution in [0.3, 0.4) is 0 Å². The summed E-state index contributed by atoms with van der Waals surface area (Å²) in [4.78, 5) is 16.1. The molecule has 0 spiro atoms. The highest BCUT2D eigenvalue weighted by Gasteiger charge is 2.35. The maximum atomic E-state index is 13.3. The van der Waals surface area contributed by atoms with Gasteiger partial charge in [0.1, 0.15) is 17.4 Å². The molecule has 0 radical (unpaired) electrons. The van der Waals surface area contributed by atoms with Crippen LogP contribution in [0.25, 0.3) is 0 Å². The maximum absolute atomic E-state index is 13.3. The fourth-order valence-corrected chi connectivity index (χ4v) is 4.54. The number of nitrogens with one attached hydrogen (secondary N) is 1. The highest BCUT2D eigenvalue weighted by atomic mass is 35.5. The SMILES string of the molecule is CC(C)(C)OC(=O)Nc1cnc2c(c1)N(S(=O)(=O)c1cccc(Cl)c1)CC(CO)O2. The Labute approximate surface area is 179 Å². The third-order valence-electron chi connectivity index (χ3n) is 3.98. The lowest BCUT2D eigenvalue weighted by Gasteiger charge is -2.34. The van der Waals surface area contributed by atoms with Crippen LogP contribution in [0.2, 0.25) is 5.02 Å². The van der Waals surface area contributed by atoms with Gasteiger partial charge in [0.25, 0.3) is 10.0 Å². The summed E-state index contributed by atoms with van der Waals surface area (Å²) in [5, 5.41) is 12.3. The number of halogens is 1. The number of pyridine rings is 1. The molecule has 0 fully saturated rings. The van der Waals surface area contributed by atoms with Crippen LogP contribution in [0.15, 0.2) is 41.4 Å². The zero-order chi connectivity index (χ0) is 22.1. The highest BCUT2D eigenvalue weighted by molar-refractivity contribution is 7.92. The first-order valence-corrected chi connectivity index (χ1v) is 10.9. The van der Waals surface area contributed by atoms with Crippen LogP contribution >= 0.6 is 11.6 Å². The molecule has 2 aromatic rings. The molecule has 30 heavy (non-hydrogen) atoms. The average molecular weight is 456 g/mol. The lowest BCUT2D eigenvalue weighted by molar-refractivity contribution is 0.0635. The summed E-state index contributed by atoms with van der Waals surface area (Å²) in [5.74, 6) is 0.0145. The molecule has 0 aliphatic carbocycles. The van der Waals surface area contributed by atoms with E-state index >= 15 is 0 Å². The second-order valence-corrected chi connectivity index (χ2v) is 9.89. The second kappa shape index (κ2) is 8.29. The van der Waals surface area contributed by atoms with Crippen LogP contribution in [0.5, 0.6) is 5.88 Å². The smallest absolute Gasteiger partial charge is 0.412 e. The van der Waals surface area contributed by atoms with Crippen molar-refractivity contribution in [3.05, 3.63) is 41.6 Å². The van der Waals surface area contributed by atoms with E-state index < -0.39 is 34.4 Å². The van der Waals surface area contributed by atoms with Crippen LogP contribution in [0.4, 0.5) is 16.2 Å². The minimum Gasteiger partial charge on any atom is -0.468 e. The Hall–Kier alpha value is -2.56. The Morgan fingerprint density at radius 2 is 2.13 bits per heavy atom. The molecule has 1 amide bonds. The van der Waals surface area contributed by atoms with Gasteiger partial charge in [-0.1, -0.05) is 17.7 Å². The molecular weight excluding hydrogens is 434 g/mol. The number of fused-ring (bicyclic) bond motifs is 1.